The summed E-state index contributed by atoms with van der Waals surface area (Å²) in [6.45, 7) is 0. The molecule has 1 aromatic carbocycles. The third kappa shape index (κ3) is 2.20. The molecule has 0 spiro atoms. The molecule has 1 amide bonds. The molecule has 0 bridgehead atoms. The molecule has 2 N–H and O–H groups in total. The molecule has 0 aliphatic carbocycles. The Morgan fingerprint density at radius 1 is 1.32 bits per heavy atom. The van der Waals surface area contributed by atoms with Gasteiger partial charge in [-0.25, -0.2) is 4.39 Å². The molecule has 0 radical (unpaired) electrons. The number of rotatable bonds is 3. The molecule has 6 heteroatoms. The van der Waals surface area contributed by atoms with Crippen LogP contribution < -0.4 is 16.0 Å². The predicted octanol–water partition coefficient (Wildman–Crippen LogP) is 1.08. The zero-order chi connectivity index (χ0) is 14.0. The van der Waals surface area contributed by atoms with Crippen LogP contribution in [0.5, 0.6) is 5.75 Å². The van der Waals surface area contributed by atoms with Crippen molar-refractivity contribution in [1.82, 2.24) is 4.57 Å². The zero-order valence-corrected chi connectivity index (χ0v) is 10.1. The van der Waals surface area contributed by atoms with E-state index < -0.39 is 17.3 Å². The molecule has 19 heavy (non-hydrogen) atoms. The summed E-state index contributed by atoms with van der Waals surface area (Å²) in [4.78, 5) is 23.2. The molecule has 2 aromatic rings. The topological polar surface area (TPSA) is 74.3 Å². The first-order valence-electron chi connectivity index (χ1n) is 5.40. The third-order valence-electron chi connectivity index (χ3n) is 2.62. The number of ether oxygens (including phenoxy) is 1. The van der Waals surface area contributed by atoms with Crippen molar-refractivity contribution in [1.29, 1.82) is 0 Å². The average molecular weight is 262 g/mol. The van der Waals surface area contributed by atoms with Gasteiger partial charge >= 0.3 is 0 Å². The van der Waals surface area contributed by atoms with Crippen LogP contribution in [-0.4, -0.2) is 17.6 Å². The average Bonchev–Trinajstić information content (AvgIpc) is 2.39. The van der Waals surface area contributed by atoms with Crippen LogP contribution in [0, 0.1) is 5.82 Å². The number of para-hydroxylation sites is 1. The van der Waals surface area contributed by atoms with E-state index in [-0.39, 0.29) is 17.0 Å². The van der Waals surface area contributed by atoms with Crippen molar-refractivity contribution in [3.8, 4) is 11.4 Å². The van der Waals surface area contributed by atoms with E-state index in [4.69, 9.17) is 10.5 Å². The number of benzene rings is 1. The van der Waals surface area contributed by atoms with Gasteiger partial charge in [0.2, 0.25) is 0 Å². The first kappa shape index (κ1) is 12.8. The Labute approximate surface area is 108 Å². The number of primary amides is 1. The second-order valence-corrected chi connectivity index (χ2v) is 3.75. The van der Waals surface area contributed by atoms with Crippen molar-refractivity contribution in [2.45, 2.75) is 0 Å². The number of halogens is 1. The second-order valence-electron chi connectivity index (χ2n) is 3.75. The molecule has 2 rings (SSSR count). The van der Waals surface area contributed by atoms with Gasteiger partial charge in [-0.3, -0.25) is 14.2 Å². The van der Waals surface area contributed by atoms with Crippen LogP contribution in [0.3, 0.4) is 0 Å². The standard InChI is InChI=1S/C13H11FN2O3/c1-19-10-6-2-5-9(14)11(10)16-7-3-4-8(12(15)17)13(16)18/h2-7H,1H3,(H2,15,17). The van der Waals surface area contributed by atoms with Gasteiger partial charge in [-0.1, -0.05) is 6.07 Å². The Bertz CT molecular complexity index is 695. The van der Waals surface area contributed by atoms with Crippen molar-refractivity contribution in [2.24, 2.45) is 5.73 Å². The normalized spacial score (nSPS) is 10.2. The lowest BCUT2D eigenvalue weighted by Crippen LogP contribution is -2.28. The maximum atomic E-state index is 13.9. The highest BCUT2D eigenvalue weighted by atomic mass is 19.1. The van der Waals surface area contributed by atoms with E-state index >= 15 is 0 Å². The lowest BCUT2D eigenvalue weighted by molar-refractivity contribution is 0.0998. The maximum absolute atomic E-state index is 13.9. The molecule has 0 unspecified atom stereocenters. The Morgan fingerprint density at radius 3 is 2.68 bits per heavy atom. The molecule has 0 fully saturated rings. The number of hydrogen-bond acceptors (Lipinski definition) is 3. The fourth-order valence-corrected chi connectivity index (χ4v) is 1.75. The summed E-state index contributed by atoms with van der Waals surface area (Å²) < 4.78 is 19.9. The van der Waals surface area contributed by atoms with Crippen molar-refractivity contribution in [3.05, 3.63) is 58.3 Å². The van der Waals surface area contributed by atoms with Gasteiger partial charge < -0.3 is 10.5 Å². The SMILES string of the molecule is COc1cccc(F)c1-n1cccc(C(N)=O)c1=O. The smallest absolute Gasteiger partial charge is 0.268 e. The highest BCUT2D eigenvalue weighted by molar-refractivity contribution is 5.92. The summed E-state index contributed by atoms with van der Waals surface area (Å²) in [7, 11) is 1.36. The van der Waals surface area contributed by atoms with Gasteiger partial charge in [-0.2, -0.15) is 0 Å². The van der Waals surface area contributed by atoms with E-state index in [1.54, 1.807) is 0 Å². The number of methoxy groups -OCH3 is 1. The molecule has 0 saturated heterocycles. The van der Waals surface area contributed by atoms with Crippen molar-refractivity contribution in [3.63, 3.8) is 0 Å². The minimum atomic E-state index is -0.866. The molecule has 1 aromatic heterocycles. The van der Waals surface area contributed by atoms with E-state index in [1.807, 2.05) is 0 Å². The summed E-state index contributed by atoms with van der Waals surface area (Å²) in [5.74, 6) is -1.32. The largest absolute Gasteiger partial charge is 0.494 e. The molecular weight excluding hydrogens is 251 g/mol. The predicted molar refractivity (Wildman–Crippen MR) is 67.1 cm³/mol. The van der Waals surface area contributed by atoms with Crippen LogP contribution in [0.15, 0.2) is 41.3 Å². The number of aromatic nitrogens is 1. The summed E-state index contributed by atoms with van der Waals surface area (Å²) >= 11 is 0. The van der Waals surface area contributed by atoms with E-state index in [0.29, 0.717) is 0 Å². The molecular formula is C13H11FN2O3. The lowest BCUT2D eigenvalue weighted by atomic mass is 10.2. The van der Waals surface area contributed by atoms with E-state index in [1.165, 1.54) is 43.6 Å². The Balaban J connectivity index is 2.77. The zero-order valence-electron chi connectivity index (χ0n) is 10.1. The highest BCUT2D eigenvalue weighted by Gasteiger charge is 2.15. The molecule has 5 nitrogen and oxygen atoms in total. The first-order chi connectivity index (χ1) is 9.06. The number of pyridine rings is 1. The van der Waals surface area contributed by atoms with Gasteiger partial charge in [-0.05, 0) is 24.3 Å². The minimum absolute atomic E-state index is 0.0573. The van der Waals surface area contributed by atoms with Gasteiger partial charge in [0, 0.05) is 6.20 Å². The summed E-state index contributed by atoms with van der Waals surface area (Å²) in [5, 5.41) is 0. The van der Waals surface area contributed by atoms with Crippen LogP contribution in [-0.2, 0) is 0 Å². The molecule has 0 aliphatic rings. The molecule has 0 atom stereocenters. The maximum Gasteiger partial charge on any atom is 0.268 e. The van der Waals surface area contributed by atoms with E-state index in [9.17, 15) is 14.0 Å². The van der Waals surface area contributed by atoms with Gasteiger partial charge in [0.25, 0.3) is 11.5 Å². The Morgan fingerprint density at radius 2 is 2.05 bits per heavy atom. The van der Waals surface area contributed by atoms with Gasteiger partial charge in [0.15, 0.2) is 5.82 Å². The lowest BCUT2D eigenvalue weighted by Gasteiger charge is -2.12. The van der Waals surface area contributed by atoms with E-state index in [2.05, 4.69) is 0 Å². The minimum Gasteiger partial charge on any atom is -0.494 e. The van der Waals surface area contributed by atoms with Crippen molar-refractivity contribution < 1.29 is 13.9 Å². The van der Waals surface area contributed by atoms with Crippen LogP contribution >= 0.6 is 0 Å². The Kier molecular flexibility index (Phi) is 3.33. The summed E-state index contributed by atoms with van der Waals surface area (Å²) in [5.41, 5.74) is 4.12. The van der Waals surface area contributed by atoms with Crippen molar-refractivity contribution >= 4 is 5.91 Å². The highest BCUT2D eigenvalue weighted by Crippen LogP contribution is 2.24. The van der Waals surface area contributed by atoms with Crippen LogP contribution in [0.4, 0.5) is 4.39 Å². The summed E-state index contributed by atoms with van der Waals surface area (Å²) in [6.07, 6.45) is 1.34. The number of amides is 1. The number of carbonyl (C=O) groups excluding carboxylic acids is 1. The number of carbonyl (C=O) groups is 1. The quantitative estimate of drug-likeness (QED) is 0.899. The molecule has 0 aliphatic heterocycles. The summed E-state index contributed by atoms with van der Waals surface area (Å²) in [6, 6.07) is 6.89. The monoisotopic (exact) mass is 262 g/mol. The van der Waals surface area contributed by atoms with Crippen LogP contribution in [0.25, 0.3) is 5.69 Å². The van der Waals surface area contributed by atoms with E-state index in [0.717, 1.165) is 4.57 Å². The molecule has 0 saturated carbocycles. The number of nitrogens with two attached hydrogens (primary N) is 1. The fraction of sp³-hybridized carbons (Fsp3) is 0.0769. The Hall–Kier alpha value is -2.63. The van der Waals surface area contributed by atoms with Gasteiger partial charge in [0.1, 0.15) is 17.0 Å². The molecule has 1 heterocycles. The van der Waals surface area contributed by atoms with Crippen LogP contribution in [0.1, 0.15) is 10.4 Å². The van der Waals surface area contributed by atoms with Gasteiger partial charge in [0.05, 0.1) is 7.11 Å². The first-order valence-corrected chi connectivity index (χ1v) is 5.40. The van der Waals surface area contributed by atoms with Gasteiger partial charge in [-0.15, -0.1) is 0 Å². The van der Waals surface area contributed by atoms with Crippen LogP contribution in [0.2, 0.25) is 0 Å². The number of hydrogen-bond donors (Lipinski definition) is 1. The van der Waals surface area contributed by atoms with Crippen molar-refractivity contribution in [2.75, 3.05) is 7.11 Å². The number of nitrogens with zero attached hydrogens (tertiary/aromatic N) is 1. The fourth-order valence-electron chi connectivity index (χ4n) is 1.75. The molecule has 98 valence electrons. The third-order valence-corrected chi connectivity index (χ3v) is 2.62. The second kappa shape index (κ2) is 4.93.